The second-order valence-electron chi connectivity index (χ2n) is 22.5. The van der Waals surface area contributed by atoms with Gasteiger partial charge in [0, 0.05) is 53.2 Å². The number of hydrogen-bond donors (Lipinski definition) is 7. The Kier molecular flexibility index (Phi) is 11.5. The first-order chi connectivity index (χ1) is 30.3. The van der Waals surface area contributed by atoms with Gasteiger partial charge in [0.2, 0.25) is 0 Å². The largest absolute Gasteiger partial charge is 0.454 e. The van der Waals surface area contributed by atoms with E-state index in [1.807, 2.05) is 18.2 Å². The van der Waals surface area contributed by atoms with E-state index in [4.69, 9.17) is 4.74 Å². The number of aldehydes is 1. The van der Waals surface area contributed by atoms with Crippen LogP contribution in [-0.4, -0.2) is 90.8 Å². The Morgan fingerprint density at radius 3 is 2.51 bits per heavy atom. The molecule has 10 rings (SSSR count). The van der Waals surface area contributed by atoms with Crippen molar-refractivity contribution in [2.45, 2.75) is 177 Å². The summed E-state index contributed by atoms with van der Waals surface area (Å²) in [7, 11) is 0. The lowest BCUT2D eigenvalue weighted by Crippen LogP contribution is -2.85. The van der Waals surface area contributed by atoms with E-state index >= 15 is 0 Å². The number of carbonyl (C=O) groups excluding carboxylic acids is 2. The third-order valence-electron chi connectivity index (χ3n) is 20.5. The highest BCUT2D eigenvalue weighted by Crippen LogP contribution is 2.78. The highest BCUT2D eigenvalue weighted by atomic mass is 16.5. The molecule has 0 aromatic heterocycles. The second kappa shape index (κ2) is 16.3. The fourth-order valence-electron chi connectivity index (χ4n) is 17.8. The summed E-state index contributed by atoms with van der Waals surface area (Å²) in [4.78, 5) is 28.1. The van der Waals surface area contributed by atoms with Gasteiger partial charge in [-0.25, -0.2) is 4.79 Å². The second-order valence-corrected chi connectivity index (χ2v) is 22.5. The Bertz CT molecular complexity index is 2020. The minimum absolute atomic E-state index is 0.0970. The Balaban J connectivity index is 1.15. The minimum Gasteiger partial charge on any atom is -0.454 e. The van der Waals surface area contributed by atoms with Gasteiger partial charge in [0.1, 0.15) is 23.6 Å². The third kappa shape index (κ3) is 6.14. The summed E-state index contributed by atoms with van der Waals surface area (Å²) in [5.74, 6) is 3.62. The smallest absolute Gasteiger partial charge is 0.331 e. The number of ether oxygens (including phenoxy) is 1. The first-order valence-electron chi connectivity index (χ1n) is 25.2. The zero-order valence-electron chi connectivity index (χ0n) is 37.6. The third-order valence-corrected chi connectivity index (χ3v) is 20.5. The highest BCUT2D eigenvalue weighted by molar-refractivity contribution is 5.86. The molecule has 4 bridgehead atoms. The van der Waals surface area contributed by atoms with Gasteiger partial charge in [0.05, 0.1) is 30.0 Å². The Morgan fingerprint density at radius 2 is 1.75 bits per heavy atom. The van der Waals surface area contributed by atoms with Gasteiger partial charge in [-0.3, -0.25) is 5.32 Å². The Hall–Kier alpha value is -2.62. The van der Waals surface area contributed by atoms with Crippen LogP contribution in [0.5, 0.6) is 0 Å². The van der Waals surface area contributed by atoms with Gasteiger partial charge in [-0.1, -0.05) is 88.8 Å². The number of nitrogens with one attached hydrogen (secondary N) is 1. The van der Waals surface area contributed by atoms with Crippen LogP contribution < -0.4 is 5.32 Å². The number of rotatable bonds is 9. The SMILES string of the molecule is CCCCCC1CC2(C=O)C3CCC45CCC#Cc6ccccc6CC(NCO)C6CC(CC4(O)C3(O)C(O)C3CC(C(C)C4CCCC4)CCC(C1O)C32O)C5C1=CC(=O)OC16. The number of aliphatic hydroxyl groups excluding tert-OH is 3. The number of hydrogen-bond acceptors (Lipinski definition) is 10. The maximum Gasteiger partial charge on any atom is 0.331 e. The zero-order valence-corrected chi connectivity index (χ0v) is 37.6. The molecule has 0 amide bonds. The van der Waals surface area contributed by atoms with E-state index in [1.165, 1.54) is 12.8 Å². The summed E-state index contributed by atoms with van der Waals surface area (Å²) in [5, 5.41) is 82.2. The van der Waals surface area contributed by atoms with E-state index < -0.39 is 69.7 Å². The van der Waals surface area contributed by atoms with Crippen LogP contribution in [0.1, 0.15) is 141 Å². The van der Waals surface area contributed by atoms with Crippen LogP contribution in [-0.2, 0) is 20.7 Å². The van der Waals surface area contributed by atoms with Crippen molar-refractivity contribution in [1.29, 1.82) is 0 Å². The van der Waals surface area contributed by atoms with Crippen LogP contribution >= 0.6 is 0 Å². The van der Waals surface area contributed by atoms with Crippen molar-refractivity contribution < 1.29 is 45.0 Å². The molecule has 10 heteroatoms. The number of esters is 1. The molecule has 0 saturated heterocycles. The van der Waals surface area contributed by atoms with Crippen molar-refractivity contribution in [3.63, 3.8) is 0 Å². The molecule has 0 radical (unpaired) electrons. The predicted molar refractivity (Wildman–Crippen MR) is 236 cm³/mol. The lowest BCUT2D eigenvalue weighted by Gasteiger charge is -2.73. The van der Waals surface area contributed by atoms with Crippen LogP contribution in [0.2, 0.25) is 0 Å². The molecule has 10 nitrogen and oxygen atoms in total. The molecule has 1 aromatic carbocycles. The highest BCUT2D eigenvalue weighted by Gasteiger charge is 2.85. The Morgan fingerprint density at radius 1 is 0.952 bits per heavy atom. The number of fused-ring (bicyclic) bond motifs is 7. The topological polar surface area (TPSA) is 177 Å². The van der Waals surface area contributed by atoms with Gasteiger partial charge >= 0.3 is 5.97 Å². The predicted octanol–water partition coefficient (Wildman–Crippen LogP) is 5.76. The van der Waals surface area contributed by atoms with Crippen molar-refractivity contribution in [3.05, 3.63) is 47.0 Å². The van der Waals surface area contributed by atoms with Crippen molar-refractivity contribution in [3.8, 4) is 11.8 Å². The molecule has 1 heterocycles. The zero-order chi connectivity index (χ0) is 44.1. The van der Waals surface area contributed by atoms with Gasteiger partial charge in [-0.05, 0) is 123 Å². The molecule has 63 heavy (non-hydrogen) atoms. The number of benzene rings is 1. The maximum atomic E-state index is 14.6. The molecule has 7 fully saturated rings. The molecular formula is C53H73NO9. The Labute approximate surface area is 374 Å². The molecule has 1 aromatic rings. The summed E-state index contributed by atoms with van der Waals surface area (Å²) >= 11 is 0. The lowest BCUT2D eigenvalue weighted by molar-refractivity contribution is -0.379. The van der Waals surface area contributed by atoms with E-state index in [9.17, 15) is 40.2 Å². The molecule has 1 spiro atoms. The van der Waals surface area contributed by atoms with Crippen LogP contribution in [0, 0.1) is 81.8 Å². The van der Waals surface area contributed by atoms with Crippen LogP contribution in [0.3, 0.4) is 0 Å². The van der Waals surface area contributed by atoms with Crippen LogP contribution in [0.15, 0.2) is 35.9 Å². The molecule has 18 unspecified atom stereocenters. The molecule has 1 aliphatic heterocycles. The first kappa shape index (κ1) is 44.2. The van der Waals surface area contributed by atoms with E-state index in [2.05, 4.69) is 37.1 Å². The average Bonchev–Trinajstić information content (AvgIpc) is 3.98. The lowest BCUT2D eigenvalue weighted by atomic mass is 9.34. The summed E-state index contributed by atoms with van der Waals surface area (Å²) in [6, 6.07) is 7.71. The molecule has 7 N–H and O–H groups in total. The number of unbranched alkanes of at least 4 members (excludes halogenated alkanes) is 2. The van der Waals surface area contributed by atoms with E-state index in [-0.39, 0.29) is 61.6 Å². The summed E-state index contributed by atoms with van der Waals surface area (Å²) < 4.78 is 6.23. The molecule has 18 atom stereocenters. The fourth-order valence-corrected chi connectivity index (χ4v) is 17.8. The van der Waals surface area contributed by atoms with Crippen molar-refractivity contribution in [2.24, 2.45) is 70.0 Å². The van der Waals surface area contributed by atoms with Gasteiger partial charge in [0.25, 0.3) is 0 Å². The first-order valence-corrected chi connectivity index (χ1v) is 25.2. The van der Waals surface area contributed by atoms with Crippen molar-refractivity contribution in [1.82, 2.24) is 5.32 Å². The van der Waals surface area contributed by atoms with Crippen molar-refractivity contribution in [2.75, 3.05) is 6.73 Å². The number of carbonyl (C=O) groups is 2. The molecule has 7 saturated carbocycles. The number of aliphatic hydroxyl groups is 6. The van der Waals surface area contributed by atoms with Gasteiger partial charge in [0.15, 0.2) is 0 Å². The maximum absolute atomic E-state index is 14.6. The van der Waals surface area contributed by atoms with Crippen LogP contribution in [0.25, 0.3) is 0 Å². The molecular weight excluding hydrogens is 795 g/mol. The molecule has 344 valence electrons. The summed E-state index contributed by atoms with van der Waals surface area (Å²) in [6.45, 7) is 4.18. The normalized spacial score (nSPS) is 47.9. The van der Waals surface area contributed by atoms with Gasteiger partial charge in [-0.2, -0.15) is 0 Å². The average molecular weight is 868 g/mol. The van der Waals surface area contributed by atoms with Gasteiger partial charge < -0.3 is 40.2 Å². The summed E-state index contributed by atoms with van der Waals surface area (Å²) in [6.07, 6.45) is 12.3. The standard InChI is InChI=1S/C53H73NO9/c1-3-4-5-17-36-27-50(29-55)43-20-22-49-21-11-10-15-33-14-8-9-16-35(33)25-42(54-30-56)38-23-37(45(49)39-26-44(57)63-47(38)39)28-51(49,60)53(43,62)48(59)41-24-34(31(2)32-12-6-7-13-32)18-19-40(46(36)58)52(41,50)61/h8-9,14,16,26,29,31-32,34,36-38,40-43,45-48,54,56,58-62H,3-7,11-13,17-25,27-28,30H2,1-2H3. The molecule has 8 aliphatic carbocycles. The monoisotopic (exact) mass is 868 g/mol. The van der Waals surface area contributed by atoms with Gasteiger partial charge in [-0.15, -0.1) is 0 Å². The van der Waals surface area contributed by atoms with E-state index in [0.29, 0.717) is 63.2 Å². The summed E-state index contributed by atoms with van der Waals surface area (Å²) in [5.41, 5.74) is -5.79. The van der Waals surface area contributed by atoms with E-state index in [0.717, 1.165) is 61.5 Å². The van der Waals surface area contributed by atoms with Crippen molar-refractivity contribution >= 4 is 12.3 Å². The minimum atomic E-state index is -2.21. The van der Waals surface area contributed by atoms with Crippen LogP contribution in [0.4, 0.5) is 0 Å². The molecule has 9 aliphatic rings. The van der Waals surface area contributed by atoms with E-state index in [1.54, 1.807) is 6.08 Å². The fraction of sp³-hybridized carbons (Fsp3) is 0.774. The quantitative estimate of drug-likeness (QED) is 0.0532.